The molecule has 1 rings (SSSR count). The normalized spacial score (nSPS) is 27.9. The van der Waals surface area contributed by atoms with E-state index in [1.165, 1.54) is 50.2 Å². The average molecular weight is 216 g/mol. The number of nitrogens with one attached hydrogen (secondary N) is 1. The number of nitrogens with two attached hydrogens (primary N) is 1. The Labute approximate surface area is 92.4 Å². The Bertz CT molecular complexity index is 133. The summed E-state index contributed by atoms with van der Waals surface area (Å²) in [6, 6.07) is 1.23. The van der Waals surface area contributed by atoms with Crippen LogP contribution in [0.5, 0.6) is 0 Å². The summed E-state index contributed by atoms with van der Waals surface area (Å²) >= 11 is 2.04. The largest absolute Gasteiger partial charge is 0.328 e. The van der Waals surface area contributed by atoms with Crippen LogP contribution in [0.3, 0.4) is 0 Å². The fourth-order valence-electron chi connectivity index (χ4n) is 1.95. The fourth-order valence-corrected chi connectivity index (χ4v) is 2.59. The molecule has 0 aromatic carbocycles. The van der Waals surface area contributed by atoms with E-state index in [1.807, 2.05) is 11.8 Å². The van der Waals surface area contributed by atoms with E-state index >= 15 is 0 Å². The quantitative estimate of drug-likeness (QED) is 0.667. The van der Waals surface area contributed by atoms with Crippen molar-refractivity contribution in [2.75, 3.05) is 18.1 Å². The van der Waals surface area contributed by atoms with Gasteiger partial charge in [0.1, 0.15) is 0 Å². The molecule has 1 aliphatic rings. The maximum Gasteiger partial charge on any atom is 0.00682 e. The van der Waals surface area contributed by atoms with Crippen molar-refractivity contribution < 1.29 is 0 Å². The van der Waals surface area contributed by atoms with Gasteiger partial charge in [0.15, 0.2) is 0 Å². The Morgan fingerprint density at radius 3 is 2.64 bits per heavy atom. The summed E-state index contributed by atoms with van der Waals surface area (Å²) < 4.78 is 0. The molecule has 0 aromatic rings. The zero-order chi connectivity index (χ0) is 10.2. The van der Waals surface area contributed by atoms with Crippen LogP contribution in [0.1, 0.15) is 39.0 Å². The Morgan fingerprint density at radius 1 is 1.29 bits per heavy atom. The van der Waals surface area contributed by atoms with Crippen LogP contribution in [0.25, 0.3) is 0 Å². The molecule has 0 amide bonds. The van der Waals surface area contributed by atoms with Crippen LogP contribution in [0, 0.1) is 0 Å². The molecule has 0 spiro atoms. The third-order valence-corrected chi connectivity index (χ3v) is 3.86. The highest BCUT2D eigenvalue weighted by atomic mass is 32.2. The van der Waals surface area contributed by atoms with Crippen LogP contribution in [0.2, 0.25) is 0 Å². The first-order valence-corrected chi connectivity index (χ1v) is 7.05. The number of thioether (sulfide) groups is 1. The van der Waals surface area contributed by atoms with Crippen LogP contribution >= 0.6 is 11.8 Å². The summed E-state index contributed by atoms with van der Waals surface area (Å²) in [7, 11) is 0. The second-order valence-electron chi connectivity index (χ2n) is 4.12. The van der Waals surface area contributed by atoms with Gasteiger partial charge in [-0.1, -0.05) is 6.92 Å². The molecule has 1 saturated carbocycles. The Morgan fingerprint density at radius 2 is 2.00 bits per heavy atom. The molecule has 1 fully saturated rings. The maximum atomic E-state index is 5.86. The first kappa shape index (κ1) is 12.3. The van der Waals surface area contributed by atoms with Gasteiger partial charge in [0.2, 0.25) is 0 Å². The van der Waals surface area contributed by atoms with E-state index in [9.17, 15) is 0 Å². The highest BCUT2D eigenvalue weighted by Crippen LogP contribution is 2.16. The van der Waals surface area contributed by atoms with E-state index in [0.717, 1.165) is 6.04 Å². The molecule has 14 heavy (non-hydrogen) atoms. The molecule has 0 atom stereocenters. The second-order valence-corrected chi connectivity index (χ2v) is 5.51. The van der Waals surface area contributed by atoms with E-state index in [2.05, 4.69) is 12.2 Å². The van der Waals surface area contributed by atoms with Crippen LogP contribution in [-0.2, 0) is 0 Å². The van der Waals surface area contributed by atoms with Crippen LogP contribution in [-0.4, -0.2) is 30.1 Å². The Balaban J connectivity index is 1.91. The summed E-state index contributed by atoms with van der Waals surface area (Å²) in [4.78, 5) is 0. The zero-order valence-electron chi connectivity index (χ0n) is 9.30. The van der Waals surface area contributed by atoms with E-state index in [4.69, 9.17) is 5.73 Å². The monoisotopic (exact) mass is 216 g/mol. The molecule has 1 aliphatic carbocycles. The van der Waals surface area contributed by atoms with Gasteiger partial charge >= 0.3 is 0 Å². The van der Waals surface area contributed by atoms with E-state index in [-0.39, 0.29) is 0 Å². The second kappa shape index (κ2) is 7.55. The molecular weight excluding hydrogens is 192 g/mol. The van der Waals surface area contributed by atoms with Crippen LogP contribution < -0.4 is 11.1 Å². The predicted molar refractivity (Wildman–Crippen MR) is 65.9 cm³/mol. The van der Waals surface area contributed by atoms with Crippen molar-refractivity contribution in [3.05, 3.63) is 0 Å². The molecule has 0 unspecified atom stereocenters. The average Bonchev–Trinajstić information content (AvgIpc) is 2.21. The van der Waals surface area contributed by atoms with Gasteiger partial charge in [0.25, 0.3) is 0 Å². The van der Waals surface area contributed by atoms with Crippen molar-refractivity contribution in [3.63, 3.8) is 0 Å². The van der Waals surface area contributed by atoms with Crippen molar-refractivity contribution in [2.24, 2.45) is 5.73 Å². The highest BCUT2D eigenvalue weighted by Gasteiger charge is 2.17. The standard InChI is InChI=1S/C11H24N2S/c1-2-14-9-3-8-13-11-6-4-10(12)5-7-11/h10-11,13H,2-9,12H2,1H3. The molecule has 0 radical (unpaired) electrons. The highest BCUT2D eigenvalue weighted by molar-refractivity contribution is 7.99. The summed E-state index contributed by atoms with van der Waals surface area (Å²) in [5.74, 6) is 2.55. The lowest BCUT2D eigenvalue weighted by Crippen LogP contribution is -2.37. The van der Waals surface area contributed by atoms with Crippen molar-refractivity contribution in [3.8, 4) is 0 Å². The van der Waals surface area contributed by atoms with E-state index < -0.39 is 0 Å². The number of rotatable bonds is 6. The summed E-state index contributed by atoms with van der Waals surface area (Å²) in [6.07, 6.45) is 6.29. The van der Waals surface area contributed by atoms with Crippen molar-refractivity contribution >= 4 is 11.8 Å². The van der Waals surface area contributed by atoms with Gasteiger partial charge in [-0.2, -0.15) is 11.8 Å². The SMILES string of the molecule is CCSCCCNC1CCC(N)CC1. The summed E-state index contributed by atoms with van der Waals surface area (Å²) in [5, 5.41) is 3.63. The van der Waals surface area contributed by atoms with Gasteiger partial charge in [0, 0.05) is 12.1 Å². The van der Waals surface area contributed by atoms with Crippen LogP contribution in [0.15, 0.2) is 0 Å². The van der Waals surface area contributed by atoms with Gasteiger partial charge in [-0.25, -0.2) is 0 Å². The number of hydrogen-bond donors (Lipinski definition) is 2. The minimum absolute atomic E-state index is 0.476. The first-order chi connectivity index (χ1) is 6.83. The minimum Gasteiger partial charge on any atom is -0.328 e. The smallest absolute Gasteiger partial charge is 0.00682 e. The van der Waals surface area contributed by atoms with Gasteiger partial charge in [-0.3, -0.25) is 0 Å². The van der Waals surface area contributed by atoms with E-state index in [1.54, 1.807) is 0 Å². The van der Waals surface area contributed by atoms with Crippen molar-refractivity contribution in [1.29, 1.82) is 0 Å². The van der Waals surface area contributed by atoms with Crippen LogP contribution in [0.4, 0.5) is 0 Å². The minimum atomic E-state index is 0.476. The van der Waals surface area contributed by atoms with Gasteiger partial charge in [-0.05, 0) is 50.2 Å². The molecule has 0 heterocycles. The first-order valence-electron chi connectivity index (χ1n) is 5.89. The Hall–Kier alpha value is 0.270. The summed E-state index contributed by atoms with van der Waals surface area (Å²) in [6.45, 7) is 3.41. The van der Waals surface area contributed by atoms with Crippen molar-refractivity contribution in [2.45, 2.75) is 51.1 Å². The third-order valence-electron chi connectivity index (χ3n) is 2.87. The lowest BCUT2D eigenvalue weighted by atomic mass is 9.92. The molecule has 84 valence electrons. The lowest BCUT2D eigenvalue weighted by Gasteiger charge is -2.26. The molecule has 0 aromatic heterocycles. The summed E-state index contributed by atoms with van der Waals surface area (Å²) in [5.41, 5.74) is 5.86. The maximum absolute atomic E-state index is 5.86. The molecule has 3 heteroatoms. The van der Waals surface area contributed by atoms with Gasteiger partial charge < -0.3 is 11.1 Å². The van der Waals surface area contributed by atoms with E-state index in [0.29, 0.717) is 6.04 Å². The van der Waals surface area contributed by atoms with Gasteiger partial charge in [0.05, 0.1) is 0 Å². The lowest BCUT2D eigenvalue weighted by molar-refractivity contribution is 0.344. The van der Waals surface area contributed by atoms with Crippen molar-refractivity contribution in [1.82, 2.24) is 5.32 Å². The predicted octanol–water partition coefficient (Wildman–Crippen LogP) is 1.99. The molecule has 3 N–H and O–H groups in total. The van der Waals surface area contributed by atoms with Gasteiger partial charge in [-0.15, -0.1) is 0 Å². The fraction of sp³-hybridized carbons (Fsp3) is 1.00. The number of hydrogen-bond acceptors (Lipinski definition) is 3. The molecule has 0 bridgehead atoms. The topological polar surface area (TPSA) is 38.0 Å². The zero-order valence-corrected chi connectivity index (χ0v) is 10.1. The molecule has 0 saturated heterocycles. The molecule has 0 aliphatic heterocycles. The third kappa shape index (κ3) is 5.23. The Kier molecular flexibility index (Phi) is 6.65. The molecular formula is C11H24N2S. The molecule has 2 nitrogen and oxygen atoms in total.